The number of rotatable bonds is 4. The quantitative estimate of drug-likeness (QED) is 0.801. The van der Waals surface area contributed by atoms with Gasteiger partial charge in [-0.2, -0.15) is 9.57 Å². The number of pyridine rings is 1. The lowest BCUT2D eigenvalue weighted by atomic mass is 10.1. The van der Waals surface area contributed by atoms with Crippen molar-refractivity contribution in [2.24, 2.45) is 0 Å². The van der Waals surface area contributed by atoms with Crippen LogP contribution in [0, 0.1) is 25.2 Å². The van der Waals surface area contributed by atoms with Gasteiger partial charge in [-0.3, -0.25) is 4.79 Å². The number of hydrogen-bond acceptors (Lipinski definition) is 6. The van der Waals surface area contributed by atoms with E-state index in [2.05, 4.69) is 10.3 Å². The lowest BCUT2D eigenvalue weighted by Crippen LogP contribution is -2.55. The van der Waals surface area contributed by atoms with Gasteiger partial charge in [0.15, 0.2) is 0 Å². The third-order valence-corrected chi connectivity index (χ3v) is 7.37. The molecular weight excluding hydrogens is 402 g/mol. The average Bonchev–Trinajstić information content (AvgIpc) is 2.72. The van der Waals surface area contributed by atoms with Gasteiger partial charge in [0.25, 0.3) is 5.91 Å². The molecule has 0 radical (unpaired) electrons. The number of benzene rings is 1. The Morgan fingerprint density at radius 1 is 1.23 bits per heavy atom. The Labute approximate surface area is 177 Å². The van der Waals surface area contributed by atoms with Crippen molar-refractivity contribution in [3.63, 3.8) is 0 Å². The summed E-state index contributed by atoms with van der Waals surface area (Å²) in [4.78, 5) is 19.3. The van der Waals surface area contributed by atoms with Crippen LogP contribution in [0.15, 0.2) is 35.2 Å². The molecule has 158 valence electrons. The van der Waals surface area contributed by atoms with Crippen molar-refractivity contribution in [3.8, 4) is 6.07 Å². The average molecular weight is 428 g/mol. The van der Waals surface area contributed by atoms with Crippen LogP contribution in [0.5, 0.6) is 0 Å². The van der Waals surface area contributed by atoms with E-state index in [1.165, 1.54) is 16.4 Å². The van der Waals surface area contributed by atoms with Crippen LogP contribution in [-0.4, -0.2) is 61.2 Å². The molecule has 1 aromatic heterocycles. The van der Waals surface area contributed by atoms with E-state index in [-0.39, 0.29) is 29.9 Å². The molecule has 1 saturated heterocycles. The van der Waals surface area contributed by atoms with E-state index in [0.29, 0.717) is 34.7 Å². The fourth-order valence-electron chi connectivity index (χ4n) is 3.67. The van der Waals surface area contributed by atoms with Gasteiger partial charge >= 0.3 is 0 Å². The van der Waals surface area contributed by atoms with Gasteiger partial charge in [-0.25, -0.2) is 13.4 Å². The zero-order valence-electron chi connectivity index (χ0n) is 17.5. The molecule has 1 amide bonds. The molecule has 1 aliphatic rings. The Bertz CT molecular complexity index is 1120. The van der Waals surface area contributed by atoms with Crippen molar-refractivity contribution in [1.82, 2.24) is 14.2 Å². The predicted octanol–water partition coefficient (Wildman–Crippen LogP) is 2.15. The number of nitrogens with one attached hydrogen (secondary N) is 1. The molecule has 0 saturated carbocycles. The number of anilines is 1. The summed E-state index contributed by atoms with van der Waals surface area (Å²) in [6.07, 6.45) is 0. The van der Waals surface area contributed by atoms with Crippen molar-refractivity contribution in [2.45, 2.75) is 31.7 Å². The van der Waals surface area contributed by atoms with Gasteiger partial charge in [0.2, 0.25) is 10.0 Å². The van der Waals surface area contributed by atoms with Gasteiger partial charge in [0.05, 0.1) is 27.8 Å². The fraction of sp³-hybridized carbons (Fsp3) is 0.381. The molecule has 1 atom stereocenters. The second kappa shape index (κ2) is 8.42. The van der Waals surface area contributed by atoms with Crippen molar-refractivity contribution < 1.29 is 13.2 Å². The second-order valence-electron chi connectivity index (χ2n) is 7.38. The molecule has 30 heavy (non-hydrogen) atoms. The monoisotopic (exact) mass is 427 g/mol. The molecule has 1 N–H and O–H groups in total. The zero-order chi connectivity index (χ0) is 22.1. The first-order valence-electron chi connectivity index (χ1n) is 9.66. The summed E-state index contributed by atoms with van der Waals surface area (Å²) in [6, 6.07) is 9.77. The molecule has 0 spiro atoms. The maximum atomic E-state index is 13.1. The first-order chi connectivity index (χ1) is 14.2. The topological polar surface area (TPSA) is 106 Å². The minimum atomic E-state index is -3.72. The number of aryl methyl sites for hydroxylation is 2. The number of sulfonamides is 1. The van der Waals surface area contributed by atoms with Crippen LogP contribution in [0.4, 0.5) is 5.82 Å². The second-order valence-corrected chi connectivity index (χ2v) is 9.29. The Morgan fingerprint density at radius 2 is 1.97 bits per heavy atom. The standard InChI is InChI=1S/C21H25N5O3S/c1-14-11-17(12-22)5-7-19(14)30(28,29)25-9-10-26(15(2)13-25)21(27)18-6-8-20(23-4)24-16(18)3/h5-8,11,15H,9-10,13H2,1-4H3,(H,23,24)/t15-/m0/s1. The Kier molecular flexibility index (Phi) is 6.10. The number of aromatic nitrogens is 1. The van der Waals surface area contributed by atoms with E-state index < -0.39 is 10.0 Å². The summed E-state index contributed by atoms with van der Waals surface area (Å²) in [6.45, 7) is 6.01. The van der Waals surface area contributed by atoms with Gasteiger partial charge < -0.3 is 10.2 Å². The van der Waals surface area contributed by atoms with Crippen molar-refractivity contribution >= 4 is 21.7 Å². The molecular formula is C21H25N5O3S. The van der Waals surface area contributed by atoms with Crippen molar-refractivity contribution in [2.75, 3.05) is 32.0 Å². The number of carbonyl (C=O) groups is 1. The van der Waals surface area contributed by atoms with Crippen molar-refractivity contribution in [1.29, 1.82) is 5.26 Å². The third-order valence-electron chi connectivity index (χ3n) is 5.35. The Balaban J connectivity index is 1.79. The molecule has 1 aromatic carbocycles. The number of nitriles is 1. The molecule has 2 aromatic rings. The first kappa shape index (κ1) is 21.7. The highest BCUT2D eigenvalue weighted by molar-refractivity contribution is 7.89. The van der Waals surface area contributed by atoms with Crippen LogP contribution in [0.2, 0.25) is 0 Å². The van der Waals surface area contributed by atoms with Gasteiger partial charge in [0, 0.05) is 32.7 Å². The van der Waals surface area contributed by atoms with E-state index >= 15 is 0 Å². The summed E-state index contributed by atoms with van der Waals surface area (Å²) in [5.41, 5.74) is 2.09. The molecule has 1 aliphatic heterocycles. The first-order valence-corrected chi connectivity index (χ1v) is 11.1. The maximum Gasteiger partial charge on any atom is 0.256 e. The van der Waals surface area contributed by atoms with E-state index in [1.807, 2.05) is 13.0 Å². The summed E-state index contributed by atoms with van der Waals surface area (Å²) < 4.78 is 27.7. The number of nitrogens with zero attached hydrogens (tertiary/aromatic N) is 4. The zero-order valence-corrected chi connectivity index (χ0v) is 18.3. The lowest BCUT2D eigenvalue weighted by Gasteiger charge is -2.39. The van der Waals surface area contributed by atoms with Crippen LogP contribution in [0.1, 0.15) is 34.1 Å². The van der Waals surface area contributed by atoms with Gasteiger partial charge in [-0.05, 0) is 56.7 Å². The van der Waals surface area contributed by atoms with Gasteiger partial charge in [0.1, 0.15) is 5.82 Å². The molecule has 8 nitrogen and oxygen atoms in total. The minimum Gasteiger partial charge on any atom is -0.373 e. The normalized spacial score (nSPS) is 17.4. The van der Waals surface area contributed by atoms with E-state index in [1.54, 1.807) is 44.0 Å². The summed E-state index contributed by atoms with van der Waals surface area (Å²) in [7, 11) is -1.95. The number of carbonyl (C=O) groups excluding carboxylic acids is 1. The number of amides is 1. The van der Waals surface area contributed by atoms with Crippen LogP contribution in [0.25, 0.3) is 0 Å². The van der Waals surface area contributed by atoms with Crippen molar-refractivity contribution in [3.05, 3.63) is 52.7 Å². The van der Waals surface area contributed by atoms with Crippen LogP contribution in [0.3, 0.4) is 0 Å². The maximum absolute atomic E-state index is 13.1. The highest BCUT2D eigenvalue weighted by atomic mass is 32.2. The largest absolute Gasteiger partial charge is 0.373 e. The van der Waals surface area contributed by atoms with Gasteiger partial charge in [-0.1, -0.05) is 0 Å². The fourth-order valence-corrected chi connectivity index (χ4v) is 5.39. The number of piperazine rings is 1. The summed E-state index contributed by atoms with van der Waals surface area (Å²) in [5.74, 6) is 0.535. The molecule has 0 aliphatic carbocycles. The highest BCUT2D eigenvalue weighted by Gasteiger charge is 2.35. The van der Waals surface area contributed by atoms with Gasteiger partial charge in [-0.15, -0.1) is 0 Å². The smallest absolute Gasteiger partial charge is 0.256 e. The minimum absolute atomic E-state index is 0.151. The molecule has 1 fully saturated rings. The summed E-state index contributed by atoms with van der Waals surface area (Å²) in [5, 5.41) is 12.0. The molecule has 3 rings (SSSR count). The predicted molar refractivity (Wildman–Crippen MR) is 114 cm³/mol. The molecule has 2 heterocycles. The van der Waals surface area contributed by atoms with Crippen LogP contribution >= 0.6 is 0 Å². The van der Waals surface area contributed by atoms with Crippen LogP contribution in [-0.2, 0) is 10.0 Å². The Morgan fingerprint density at radius 3 is 2.53 bits per heavy atom. The number of hydrogen-bond donors (Lipinski definition) is 1. The van der Waals surface area contributed by atoms with E-state index in [0.717, 1.165) is 0 Å². The van der Waals surface area contributed by atoms with Crippen LogP contribution < -0.4 is 5.32 Å². The highest BCUT2D eigenvalue weighted by Crippen LogP contribution is 2.25. The molecule has 9 heteroatoms. The molecule has 0 bridgehead atoms. The Hall–Kier alpha value is -2.96. The van der Waals surface area contributed by atoms with E-state index in [4.69, 9.17) is 5.26 Å². The SMILES string of the molecule is CNc1ccc(C(=O)N2CCN(S(=O)(=O)c3ccc(C#N)cc3C)C[C@@H]2C)c(C)n1. The lowest BCUT2D eigenvalue weighted by molar-refractivity contribution is 0.0590. The third kappa shape index (κ3) is 4.01. The summed E-state index contributed by atoms with van der Waals surface area (Å²) >= 11 is 0. The molecule has 0 unspecified atom stereocenters. The van der Waals surface area contributed by atoms with E-state index in [9.17, 15) is 13.2 Å².